The van der Waals surface area contributed by atoms with Gasteiger partial charge in [-0.1, -0.05) is 0 Å². The molecule has 4 heteroatoms. The van der Waals surface area contributed by atoms with Gasteiger partial charge in [0.15, 0.2) is 0 Å². The molecule has 1 amide bonds. The molecule has 0 aromatic carbocycles. The number of hydrogen-bond donors (Lipinski definition) is 1. The van der Waals surface area contributed by atoms with Crippen molar-refractivity contribution < 1.29 is 9.53 Å². The van der Waals surface area contributed by atoms with Gasteiger partial charge in [0.25, 0.3) is 0 Å². The average Bonchev–Trinajstić information content (AvgIpc) is 1.63. The highest BCUT2D eigenvalue weighted by atomic mass is 32.2. The molecule has 0 rings (SSSR count). The molecular formula is C5H11NO2S. The maximum absolute atomic E-state index is 10.1. The van der Waals surface area contributed by atoms with Crippen molar-refractivity contribution in [1.29, 1.82) is 0 Å². The van der Waals surface area contributed by atoms with Gasteiger partial charge in [0.1, 0.15) is 6.10 Å². The number of amides is 1. The fourth-order valence-corrected chi connectivity index (χ4v) is 1.00. The molecular weight excluding hydrogens is 138 g/mol. The molecule has 3 nitrogen and oxygen atoms in total. The molecule has 0 fully saturated rings. The van der Waals surface area contributed by atoms with E-state index in [1.807, 2.05) is 6.26 Å². The van der Waals surface area contributed by atoms with Gasteiger partial charge in [0.05, 0.1) is 0 Å². The fraction of sp³-hybridized carbons (Fsp3) is 0.800. The Morgan fingerprint density at radius 2 is 2.44 bits per heavy atom. The van der Waals surface area contributed by atoms with Crippen LogP contribution < -0.4 is 5.73 Å². The van der Waals surface area contributed by atoms with E-state index in [0.29, 0.717) is 0 Å². The lowest BCUT2D eigenvalue weighted by Crippen LogP contribution is -2.21. The van der Waals surface area contributed by atoms with Gasteiger partial charge >= 0.3 is 6.09 Å². The van der Waals surface area contributed by atoms with Crippen LogP contribution in [0.15, 0.2) is 0 Å². The smallest absolute Gasteiger partial charge is 0.404 e. The molecule has 0 aliphatic rings. The SMILES string of the molecule is CSC[C@H](C)OC(N)=O. The van der Waals surface area contributed by atoms with E-state index < -0.39 is 6.09 Å². The van der Waals surface area contributed by atoms with Crippen LogP contribution in [0.5, 0.6) is 0 Å². The highest BCUT2D eigenvalue weighted by Gasteiger charge is 2.02. The van der Waals surface area contributed by atoms with Crippen molar-refractivity contribution in [2.24, 2.45) is 5.73 Å². The third kappa shape index (κ3) is 5.49. The van der Waals surface area contributed by atoms with E-state index >= 15 is 0 Å². The summed E-state index contributed by atoms with van der Waals surface area (Å²) >= 11 is 1.62. The number of rotatable bonds is 3. The van der Waals surface area contributed by atoms with Crippen LogP contribution in [0.1, 0.15) is 6.92 Å². The number of thioether (sulfide) groups is 1. The zero-order valence-corrected chi connectivity index (χ0v) is 6.40. The van der Waals surface area contributed by atoms with Crippen LogP contribution in [0, 0.1) is 0 Å². The van der Waals surface area contributed by atoms with Crippen molar-refractivity contribution in [3.8, 4) is 0 Å². The normalized spacial score (nSPS) is 12.7. The van der Waals surface area contributed by atoms with E-state index in [1.54, 1.807) is 18.7 Å². The third-order valence-electron chi connectivity index (χ3n) is 0.719. The van der Waals surface area contributed by atoms with Crippen molar-refractivity contribution in [3.05, 3.63) is 0 Å². The lowest BCUT2D eigenvalue weighted by molar-refractivity contribution is 0.127. The molecule has 2 N–H and O–H groups in total. The summed E-state index contributed by atoms with van der Waals surface area (Å²) in [6.07, 6.45) is 1.18. The maximum Gasteiger partial charge on any atom is 0.404 e. The molecule has 0 spiro atoms. The van der Waals surface area contributed by atoms with Crippen LogP contribution in [0.25, 0.3) is 0 Å². The summed E-state index contributed by atoms with van der Waals surface area (Å²) in [6.45, 7) is 1.81. The Balaban J connectivity index is 3.26. The minimum absolute atomic E-state index is 0.0718. The molecule has 0 saturated carbocycles. The first kappa shape index (κ1) is 8.62. The first-order valence-corrected chi connectivity index (χ1v) is 4.01. The Bertz CT molecular complexity index is 97.0. The summed E-state index contributed by atoms with van der Waals surface area (Å²) in [4.78, 5) is 10.1. The second kappa shape index (κ2) is 4.49. The summed E-state index contributed by atoms with van der Waals surface area (Å²) in [5.41, 5.74) is 4.75. The Labute approximate surface area is 58.9 Å². The van der Waals surface area contributed by atoms with E-state index in [4.69, 9.17) is 5.73 Å². The van der Waals surface area contributed by atoms with Crippen LogP contribution >= 0.6 is 11.8 Å². The second-order valence-electron chi connectivity index (χ2n) is 1.70. The minimum Gasteiger partial charge on any atom is -0.446 e. The van der Waals surface area contributed by atoms with Gasteiger partial charge in [-0.3, -0.25) is 0 Å². The monoisotopic (exact) mass is 149 g/mol. The molecule has 0 aromatic rings. The Morgan fingerprint density at radius 3 is 2.78 bits per heavy atom. The summed E-state index contributed by atoms with van der Waals surface area (Å²) in [6, 6.07) is 0. The summed E-state index contributed by atoms with van der Waals surface area (Å²) < 4.78 is 4.61. The molecule has 54 valence electrons. The molecule has 0 radical (unpaired) electrons. The number of nitrogens with two attached hydrogens (primary N) is 1. The molecule has 0 heterocycles. The topological polar surface area (TPSA) is 52.3 Å². The largest absolute Gasteiger partial charge is 0.446 e. The third-order valence-corrected chi connectivity index (χ3v) is 1.52. The van der Waals surface area contributed by atoms with Gasteiger partial charge in [0.2, 0.25) is 0 Å². The maximum atomic E-state index is 10.1. The molecule has 0 unspecified atom stereocenters. The van der Waals surface area contributed by atoms with E-state index in [-0.39, 0.29) is 6.10 Å². The Morgan fingerprint density at radius 1 is 1.89 bits per heavy atom. The van der Waals surface area contributed by atoms with Crippen molar-refractivity contribution in [2.75, 3.05) is 12.0 Å². The molecule has 0 aromatic heterocycles. The lowest BCUT2D eigenvalue weighted by Gasteiger charge is -2.07. The molecule has 0 bridgehead atoms. The molecule has 0 saturated heterocycles. The highest BCUT2D eigenvalue weighted by molar-refractivity contribution is 7.98. The molecule has 0 aliphatic heterocycles. The van der Waals surface area contributed by atoms with Gasteiger partial charge in [-0.25, -0.2) is 4.79 Å². The summed E-state index contributed by atoms with van der Waals surface area (Å²) in [5, 5.41) is 0. The zero-order valence-electron chi connectivity index (χ0n) is 5.59. The Kier molecular flexibility index (Phi) is 4.30. The Hall–Kier alpha value is -0.380. The predicted octanol–water partition coefficient (Wildman–Crippen LogP) is 0.833. The summed E-state index contributed by atoms with van der Waals surface area (Å²) in [7, 11) is 0. The van der Waals surface area contributed by atoms with E-state index in [2.05, 4.69) is 4.74 Å². The number of primary amides is 1. The second-order valence-corrected chi connectivity index (χ2v) is 2.61. The lowest BCUT2D eigenvalue weighted by atomic mass is 10.5. The van der Waals surface area contributed by atoms with Gasteiger partial charge in [-0.05, 0) is 13.2 Å². The van der Waals surface area contributed by atoms with Crippen molar-refractivity contribution in [2.45, 2.75) is 13.0 Å². The quantitative estimate of drug-likeness (QED) is 0.646. The number of carbonyl (C=O) groups is 1. The van der Waals surface area contributed by atoms with Gasteiger partial charge in [-0.2, -0.15) is 11.8 Å². The first-order valence-electron chi connectivity index (χ1n) is 2.62. The van der Waals surface area contributed by atoms with Crippen molar-refractivity contribution >= 4 is 17.9 Å². The van der Waals surface area contributed by atoms with Crippen LogP contribution in [0.2, 0.25) is 0 Å². The average molecular weight is 149 g/mol. The standard InChI is InChI=1S/C5H11NO2S/c1-4(3-9-2)8-5(6)7/h4H,3H2,1-2H3,(H2,6,7)/t4-/m0/s1. The predicted molar refractivity (Wildman–Crippen MR) is 38.5 cm³/mol. The van der Waals surface area contributed by atoms with Crippen molar-refractivity contribution in [1.82, 2.24) is 0 Å². The molecule has 1 atom stereocenters. The van der Waals surface area contributed by atoms with E-state index in [9.17, 15) is 4.79 Å². The first-order chi connectivity index (χ1) is 4.16. The molecule has 0 aliphatic carbocycles. The van der Waals surface area contributed by atoms with Gasteiger partial charge in [-0.15, -0.1) is 0 Å². The number of hydrogen-bond acceptors (Lipinski definition) is 3. The van der Waals surface area contributed by atoms with Crippen molar-refractivity contribution in [3.63, 3.8) is 0 Å². The van der Waals surface area contributed by atoms with Gasteiger partial charge < -0.3 is 10.5 Å². The number of ether oxygens (including phenoxy) is 1. The van der Waals surface area contributed by atoms with Crippen LogP contribution in [-0.4, -0.2) is 24.2 Å². The zero-order chi connectivity index (χ0) is 7.28. The van der Waals surface area contributed by atoms with Crippen LogP contribution in [0.3, 0.4) is 0 Å². The highest BCUT2D eigenvalue weighted by Crippen LogP contribution is 1.99. The van der Waals surface area contributed by atoms with Crippen LogP contribution in [0.4, 0.5) is 4.79 Å². The van der Waals surface area contributed by atoms with E-state index in [0.717, 1.165) is 5.75 Å². The van der Waals surface area contributed by atoms with E-state index in [1.165, 1.54) is 0 Å². The van der Waals surface area contributed by atoms with Gasteiger partial charge in [0, 0.05) is 5.75 Å². The minimum atomic E-state index is -0.698. The molecule has 9 heavy (non-hydrogen) atoms. The number of carbonyl (C=O) groups excluding carboxylic acids is 1. The fourth-order valence-electron chi connectivity index (χ4n) is 0.467. The van der Waals surface area contributed by atoms with Crippen LogP contribution in [-0.2, 0) is 4.74 Å². The summed E-state index contributed by atoms with van der Waals surface area (Å²) in [5.74, 6) is 0.795.